The second-order valence-electron chi connectivity index (χ2n) is 5.27. The van der Waals surface area contributed by atoms with Crippen molar-refractivity contribution in [3.8, 4) is 0 Å². The molecule has 0 aliphatic heterocycles. The summed E-state index contributed by atoms with van der Waals surface area (Å²) >= 11 is 0. The standard InChI is InChI=1S/C14H18F3N3O/c15-14(16,17)10-4-2-5-11(7-10)20-13(21)19-8-9-3-1-6-12(9)18/h2,4-5,7,9,12H,1,3,6,8,18H2,(H2,19,20,21). The van der Waals surface area contributed by atoms with Crippen LogP contribution >= 0.6 is 0 Å². The molecule has 2 amide bonds. The van der Waals surface area contributed by atoms with E-state index in [-0.39, 0.29) is 17.6 Å². The fourth-order valence-corrected chi connectivity index (χ4v) is 2.49. The summed E-state index contributed by atoms with van der Waals surface area (Å²) in [5.74, 6) is 0.234. The van der Waals surface area contributed by atoms with E-state index < -0.39 is 17.8 Å². The Kier molecular flexibility index (Phi) is 4.72. The van der Waals surface area contributed by atoms with Crippen molar-refractivity contribution in [2.24, 2.45) is 11.7 Å². The molecule has 4 N–H and O–H groups in total. The molecule has 1 fully saturated rings. The number of hydrogen-bond acceptors (Lipinski definition) is 2. The molecule has 2 atom stereocenters. The van der Waals surface area contributed by atoms with Gasteiger partial charge in [-0.15, -0.1) is 0 Å². The number of nitrogens with one attached hydrogen (secondary N) is 2. The highest BCUT2D eigenvalue weighted by Crippen LogP contribution is 2.30. The van der Waals surface area contributed by atoms with Crippen LogP contribution in [0.1, 0.15) is 24.8 Å². The first-order valence-electron chi connectivity index (χ1n) is 6.84. The van der Waals surface area contributed by atoms with Gasteiger partial charge < -0.3 is 16.4 Å². The lowest BCUT2D eigenvalue weighted by molar-refractivity contribution is -0.137. The molecule has 0 spiro atoms. The maximum atomic E-state index is 12.6. The zero-order valence-corrected chi connectivity index (χ0v) is 11.4. The number of urea groups is 1. The molecule has 0 radical (unpaired) electrons. The first-order valence-corrected chi connectivity index (χ1v) is 6.84. The molecular formula is C14H18F3N3O. The zero-order chi connectivity index (χ0) is 15.5. The van der Waals surface area contributed by atoms with Gasteiger partial charge in [-0.25, -0.2) is 4.79 Å². The number of carbonyl (C=O) groups excluding carboxylic acids is 1. The van der Waals surface area contributed by atoms with Crippen molar-refractivity contribution in [1.29, 1.82) is 0 Å². The second-order valence-corrected chi connectivity index (χ2v) is 5.27. The predicted molar refractivity (Wildman–Crippen MR) is 73.8 cm³/mol. The van der Waals surface area contributed by atoms with E-state index in [2.05, 4.69) is 10.6 Å². The van der Waals surface area contributed by atoms with Gasteiger partial charge in [0.2, 0.25) is 0 Å². The molecule has 21 heavy (non-hydrogen) atoms. The lowest BCUT2D eigenvalue weighted by atomic mass is 10.1. The quantitative estimate of drug-likeness (QED) is 0.803. The van der Waals surface area contributed by atoms with Gasteiger partial charge in [0, 0.05) is 18.3 Å². The van der Waals surface area contributed by atoms with Crippen molar-refractivity contribution >= 4 is 11.7 Å². The molecule has 7 heteroatoms. The van der Waals surface area contributed by atoms with Crippen LogP contribution in [0.3, 0.4) is 0 Å². The topological polar surface area (TPSA) is 67.1 Å². The first kappa shape index (κ1) is 15.6. The molecule has 0 heterocycles. The monoisotopic (exact) mass is 301 g/mol. The highest BCUT2D eigenvalue weighted by molar-refractivity contribution is 5.89. The molecular weight excluding hydrogens is 283 g/mol. The van der Waals surface area contributed by atoms with E-state index in [0.29, 0.717) is 6.54 Å². The number of nitrogens with two attached hydrogens (primary N) is 1. The summed E-state index contributed by atoms with van der Waals surface area (Å²) in [6.45, 7) is 0.436. The molecule has 1 saturated carbocycles. The SMILES string of the molecule is NC1CCCC1CNC(=O)Nc1cccc(C(F)(F)F)c1. The molecule has 1 aromatic rings. The Morgan fingerprint density at radius 1 is 1.33 bits per heavy atom. The molecule has 1 aromatic carbocycles. The van der Waals surface area contributed by atoms with Crippen LogP contribution in [0.5, 0.6) is 0 Å². The summed E-state index contributed by atoms with van der Waals surface area (Å²) in [4.78, 5) is 11.7. The van der Waals surface area contributed by atoms with E-state index in [1.165, 1.54) is 12.1 Å². The van der Waals surface area contributed by atoms with Gasteiger partial charge in [0.15, 0.2) is 0 Å². The fourth-order valence-electron chi connectivity index (χ4n) is 2.49. The van der Waals surface area contributed by atoms with Crippen molar-refractivity contribution in [1.82, 2.24) is 5.32 Å². The van der Waals surface area contributed by atoms with Crippen molar-refractivity contribution < 1.29 is 18.0 Å². The summed E-state index contributed by atoms with van der Waals surface area (Å²) in [6, 6.07) is 4.09. The Bertz CT molecular complexity index is 504. The number of hydrogen-bond donors (Lipinski definition) is 3. The largest absolute Gasteiger partial charge is 0.416 e. The van der Waals surface area contributed by atoms with Gasteiger partial charge in [0.1, 0.15) is 0 Å². The average molecular weight is 301 g/mol. The number of amides is 2. The van der Waals surface area contributed by atoms with Crippen LogP contribution in [-0.2, 0) is 6.18 Å². The molecule has 0 bridgehead atoms. The average Bonchev–Trinajstić information content (AvgIpc) is 2.81. The van der Waals surface area contributed by atoms with E-state index in [4.69, 9.17) is 5.73 Å². The molecule has 116 valence electrons. The lowest BCUT2D eigenvalue weighted by Gasteiger charge is -2.16. The number of alkyl halides is 3. The maximum Gasteiger partial charge on any atom is 0.416 e. The Labute approximate surface area is 120 Å². The molecule has 1 aliphatic carbocycles. The Balaban J connectivity index is 1.88. The summed E-state index contributed by atoms with van der Waals surface area (Å²) in [7, 11) is 0. The minimum Gasteiger partial charge on any atom is -0.338 e. The Morgan fingerprint density at radius 2 is 2.10 bits per heavy atom. The van der Waals surface area contributed by atoms with Crippen LogP contribution in [0.4, 0.5) is 23.7 Å². The normalized spacial score (nSPS) is 22.1. The summed E-state index contributed by atoms with van der Waals surface area (Å²) < 4.78 is 37.7. The predicted octanol–water partition coefficient (Wildman–Crippen LogP) is 2.95. The molecule has 0 aromatic heterocycles. The number of rotatable bonds is 3. The van der Waals surface area contributed by atoms with Crippen LogP contribution in [0.2, 0.25) is 0 Å². The third-order valence-electron chi connectivity index (χ3n) is 3.69. The number of carbonyl (C=O) groups is 1. The summed E-state index contributed by atoms with van der Waals surface area (Å²) in [6.07, 6.45) is -1.47. The van der Waals surface area contributed by atoms with E-state index in [1.54, 1.807) is 0 Å². The second kappa shape index (κ2) is 6.34. The molecule has 0 saturated heterocycles. The number of anilines is 1. The molecule has 2 rings (SSSR count). The van der Waals surface area contributed by atoms with Gasteiger partial charge in [-0.2, -0.15) is 13.2 Å². The molecule has 2 unspecified atom stereocenters. The van der Waals surface area contributed by atoms with Gasteiger partial charge in [-0.1, -0.05) is 12.5 Å². The van der Waals surface area contributed by atoms with Crippen LogP contribution < -0.4 is 16.4 Å². The van der Waals surface area contributed by atoms with E-state index >= 15 is 0 Å². The van der Waals surface area contributed by atoms with Gasteiger partial charge in [0.05, 0.1) is 5.56 Å². The number of halogens is 3. The smallest absolute Gasteiger partial charge is 0.338 e. The molecule has 1 aliphatic rings. The fraction of sp³-hybridized carbons (Fsp3) is 0.500. The third kappa shape index (κ3) is 4.35. The van der Waals surface area contributed by atoms with Crippen LogP contribution in [0, 0.1) is 5.92 Å². The maximum absolute atomic E-state index is 12.6. The van der Waals surface area contributed by atoms with Crippen molar-refractivity contribution in [2.75, 3.05) is 11.9 Å². The summed E-state index contributed by atoms with van der Waals surface area (Å²) in [5, 5.41) is 5.05. The Hall–Kier alpha value is -1.76. The van der Waals surface area contributed by atoms with Gasteiger partial charge in [-0.05, 0) is 37.0 Å². The van der Waals surface area contributed by atoms with Crippen molar-refractivity contribution in [3.05, 3.63) is 29.8 Å². The molecule has 4 nitrogen and oxygen atoms in total. The third-order valence-corrected chi connectivity index (χ3v) is 3.69. The zero-order valence-electron chi connectivity index (χ0n) is 11.4. The minimum atomic E-state index is -4.43. The van der Waals surface area contributed by atoms with E-state index in [1.807, 2.05) is 0 Å². The van der Waals surface area contributed by atoms with E-state index in [0.717, 1.165) is 31.4 Å². The van der Waals surface area contributed by atoms with Gasteiger partial charge in [0.25, 0.3) is 0 Å². The number of benzene rings is 1. The van der Waals surface area contributed by atoms with Crippen molar-refractivity contribution in [2.45, 2.75) is 31.5 Å². The highest BCUT2D eigenvalue weighted by atomic mass is 19.4. The van der Waals surface area contributed by atoms with Crippen LogP contribution in [0.25, 0.3) is 0 Å². The van der Waals surface area contributed by atoms with E-state index in [9.17, 15) is 18.0 Å². The first-order chi connectivity index (χ1) is 9.86. The van der Waals surface area contributed by atoms with Gasteiger partial charge in [-0.3, -0.25) is 0 Å². The Morgan fingerprint density at radius 3 is 2.71 bits per heavy atom. The van der Waals surface area contributed by atoms with Crippen LogP contribution in [0.15, 0.2) is 24.3 Å². The van der Waals surface area contributed by atoms with Crippen LogP contribution in [-0.4, -0.2) is 18.6 Å². The van der Waals surface area contributed by atoms with Gasteiger partial charge >= 0.3 is 12.2 Å². The summed E-state index contributed by atoms with van der Waals surface area (Å²) in [5.41, 5.74) is 5.20. The van der Waals surface area contributed by atoms with Crippen molar-refractivity contribution in [3.63, 3.8) is 0 Å². The lowest BCUT2D eigenvalue weighted by Crippen LogP contribution is -2.38. The minimum absolute atomic E-state index is 0.0823. The highest BCUT2D eigenvalue weighted by Gasteiger charge is 2.30.